The molecule has 0 aromatic heterocycles. The molecule has 0 bridgehead atoms. The van der Waals surface area contributed by atoms with E-state index >= 15 is 0 Å². The summed E-state index contributed by atoms with van der Waals surface area (Å²) in [5.41, 5.74) is 0.739. The number of carbonyl (C=O) groups is 1. The van der Waals surface area contributed by atoms with Crippen molar-refractivity contribution in [3.63, 3.8) is 0 Å². The fourth-order valence-electron chi connectivity index (χ4n) is 2.47. The van der Waals surface area contributed by atoms with Crippen molar-refractivity contribution in [1.82, 2.24) is 5.32 Å². The highest BCUT2D eigenvalue weighted by molar-refractivity contribution is 9.10. The average Bonchev–Trinajstić information content (AvgIpc) is 2.97. The maximum Gasteiger partial charge on any atom is 0.251 e. The highest BCUT2D eigenvalue weighted by Crippen LogP contribution is 2.25. The van der Waals surface area contributed by atoms with Gasteiger partial charge in [-0.3, -0.25) is 4.79 Å². The van der Waals surface area contributed by atoms with Gasteiger partial charge in [0, 0.05) is 21.8 Å². The highest BCUT2D eigenvalue weighted by atomic mass is 79.9. The van der Waals surface area contributed by atoms with Crippen LogP contribution in [0.2, 0.25) is 0 Å². The van der Waals surface area contributed by atoms with Crippen LogP contribution in [0.4, 0.5) is 0 Å². The summed E-state index contributed by atoms with van der Waals surface area (Å²) in [4.78, 5) is 12.2. The van der Waals surface area contributed by atoms with Gasteiger partial charge in [0.15, 0.2) is 0 Å². The van der Waals surface area contributed by atoms with Gasteiger partial charge < -0.3 is 5.32 Å². The van der Waals surface area contributed by atoms with Crippen LogP contribution >= 0.6 is 27.7 Å². The second-order valence-corrected chi connectivity index (χ2v) is 7.38. The molecule has 20 heavy (non-hydrogen) atoms. The predicted octanol–water partition coefficient (Wildman–Crippen LogP) is 4.23. The van der Waals surface area contributed by atoms with E-state index in [2.05, 4.69) is 27.3 Å². The molecule has 1 aliphatic rings. The lowest BCUT2D eigenvalue weighted by atomic mass is 10.1. The first-order chi connectivity index (χ1) is 9.72. The molecule has 1 heterocycles. The third kappa shape index (κ3) is 3.18. The number of halogens is 1. The maximum atomic E-state index is 12.2. The number of amides is 1. The van der Waals surface area contributed by atoms with Gasteiger partial charge in [0.05, 0.1) is 0 Å². The van der Waals surface area contributed by atoms with E-state index in [4.69, 9.17) is 0 Å². The van der Waals surface area contributed by atoms with Crippen LogP contribution in [-0.4, -0.2) is 23.5 Å². The normalized spacial score (nSPS) is 18.4. The third-order valence-electron chi connectivity index (χ3n) is 3.58. The van der Waals surface area contributed by atoms with Gasteiger partial charge in [-0.2, -0.15) is 11.8 Å². The number of thioether (sulfide) groups is 1. The lowest BCUT2D eigenvalue weighted by Crippen LogP contribution is -2.29. The molecule has 1 aliphatic heterocycles. The zero-order valence-corrected chi connectivity index (χ0v) is 13.5. The third-order valence-corrected chi connectivity index (χ3v) is 5.47. The molecule has 104 valence electrons. The van der Waals surface area contributed by atoms with Gasteiger partial charge in [-0.05, 0) is 53.6 Å². The Morgan fingerprint density at radius 2 is 2.05 bits per heavy atom. The first-order valence-corrected chi connectivity index (χ1v) is 8.66. The van der Waals surface area contributed by atoms with Crippen LogP contribution in [0, 0.1) is 0 Å². The Morgan fingerprint density at radius 3 is 2.85 bits per heavy atom. The van der Waals surface area contributed by atoms with Crippen LogP contribution in [-0.2, 0) is 0 Å². The first kappa shape index (κ1) is 14.0. The van der Waals surface area contributed by atoms with Crippen LogP contribution in [0.3, 0.4) is 0 Å². The Bertz CT molecular complexity index is 637. The smallest absolute Gasteiger partial charge is 0.251 e. The molecule has 1 unspecified atom stereocenters. The van der Waals surface area contributed by atoms with E-state index in [1.54, 1.807) is 0 Å². The Balaban J connectivity index is 1.72. The quantitative estimate of drug-likeness (QED) is 0.898. The monoisotopic (exact) mass is 349 g/mol. The zero-order chi connectivity index (χ0) is 13.9. The number of hydrogen-bond acceptors (Lipinski definition) is 2. The van der Waals surface area contributed by atoms with E-state index in [1.807, 2.05) is 42.1 Å². The van der Waals surface area contributed by atoms with Gasteiger partial charge in [0.2, 0.25) is 0 Å². The summed E-state index contributed by atoms with van der Waals surface area (Å²) in [6.45, 7) is 0.780. The summed E-state index contributed by atoms with van der Waals surface area (Å²) in [7, 11) is 0. The van der Waals surface area contributed by atoms with Crippen LogP contribution in [0.5, 0.6) is 0 Å². The van der Waals surface area contributed by atoms with Gasteiger partial charge in [0.25, 0.3) is 5.91 Å². The Kier molecular flexibility index (Phi) is 4.32. The number of carbonyl (C=O) groups excluding carboxylic acids is 1. The maximum absolute atomic E-state index is 12.2. The standard InChI is InChI=1S/C16H16BrNOS/c17-14-6-5-11-8-13(4-3-12(11)9-14)16(19)18-10-15-2-1-7-20-15/h3-6,8-9,15H,1-2,7,10H2,(H,18,19). The lowest BCUT2D eigenvalue weighted by molar-refractivity contribution is 0.0954. The van der Waals surface area contributed by atoms with Crippen molar-refractivity contribution in [3.05, 3.63) is 46.4 Å². The molecule has 0 radical (unpaired) electrons. The molecule has 4 heteroatoms. The summed E-state index contributed by atoms with van der Waals surface area (Å²) in [5.74, 6) is 1.26. The highest BCUT2D eigenvalue weighted by Gasteiger charge is 2.16. The molecule has 1 atom stereocenters. The van der Waals surface area contributed by atoms with Crippen molar-refractivity contribution in [2.75, 3.05) is 12.3 Å². The van der Waals surface area contributed by atoms with Gasteiger partial charge >= 0.3 is 0 Å². The fourth-order valence-corrected chi connectivity index (χ4v) is 4.05. The van der Waals surface area contributed by atoms with E-state index in [0.717, 1.165) is 27.4 Å². The predicted molar refractivity (Wildman–Crippen MR) is 89.5 cm³/mol. The zero-order valence-electron chi connectivity index (χ0n) is 11.1. The topological polar surface area (TPSA) is 29.1 Å². The number of rotatable bonds is 3. The summed E-state index contributed by atoms with van der Waals surface area (Å²) in [6, 6.07) is 11.9. The summed E-state index contributed by atoms with van der Waals surface area (Å²) < 4.78 is 1.06. The molecule has 0 aliphatic carbocycles. The summed E-state index contributed by atoms with van der Waals surface area (Å²) in [6.07, 6.45) is 2.49. The molecule has 2 nitrogen and oxygen atoms in total. The Labute approximate surface area is 131 Å². The van der Waals surface area contributed by atoms with Gasteiger partial charge in [0.1, 0.15) is 0 Å². The van der Waals surface area contributed by atoms with Crippen molar-refractivity contribution in [2.45, 2.75) is 18.1 Å². The molecule has 0 spiro atoms. The minimum absolute atomic E-state index is 0.0299. The molecule has 1 fully saturated rings. The van der Waals surface area contributed by atoms with Gasteiger partial charge in [-0.1, -0.05) is 28.1 Å². The molecule has 1 saturated heterocycles. The minimum Gasteiger partial charge on any atom is -0.351 e. The molecule has 1 N–H and O–H groups in total. The van der Waals surface area contributed by atoms with E-state index < -0.39 is 0 Å². The molecule has 2 aromatic carbocycles. The van der Waals surface area contributed by atoms with Crippen LogP contribution in [0.25, 0.3) is 10.8 Å². The number of fused-ring (bicyclic) bond motifs is 1. The largest absolute Gasteiger partial charge is 0.351 e. The molecular weight excluding hydrogens is 334 g/mol. The van der Waals surface area contributed by atoms with Crippen molar-refractivity contribution in [3.8, 4) is 0 Å². The van der Waals surface area contributed by atoms with E-state index in [9.17, 15) is 4.79 Å². The second kappa shape index (κ2) is 6.19. The molecule has 1 amide bonds. The molecular formula is C16H16BrNOS. The second-order valence-electron chi connectivity index (χ2n) is 5.05. The van der Waals surface area contributed by atoms with E-state index in [0.29, 0.717) is 5.25 Å². The van der Waals surface area contributed by atoms with E-state index in [1.165, 1.54) is 18.6 Å². The van der Waals surface area contributed by atoms with Crippen molar-refractivity contribution < 1.29 is 4.79 Å². The lowest BCUT2D eigenvalue weighted by Gasteiger charge is -2.10. The summed E-state index contributed by atoms with van der Waals surface area (Å²) >= 11 is 5.42. The average molecular weight is 350 g/mol. The van der Waals surface area contributed by atoms with Gasteiger partial charge in [-0.15, -0.1) is 0 Å². The van der Waals surface area contributed by atoms with Crippen LogP contribution < -0.4 is 5.32 Å². The fraction of sp³-hybridized carbons (Fsp3) is 0.312. The van der Waals surface area contributed by atoms with Crippen LogP contribution in [0.15, 0.2) is 40.9 Å². The Hall–Kier alpha value is -1.00. The Morgan fingerprint density at radius 1 is 1.25 bits per heavy atom. The van der Waals surface area contributed by atoms with E-state index in [-0.39, 0.29) is 5.91 Å². The number of hydrogen-bond donors (Lipinski definition) is 1. The van der Waals surface area contributed by atoms with Crippen molar-refractivity contribution in [2.24, 2.45) is 0 Å². The number of nitrogens with one attached hydrogen (secondary N) is 1. The molecule has 3 rings (SSSR count). The first-order valence-electron chi connectivity index (χ1n) is 6.81. The molecule has 2 aromatic rings. The summed E-state index contributed by atoms with van der Waals surface area (Å²) in [5, 5.41) is 5.88. The van der Waals surface area contributed by atoms with Crippen molar-refractivity contribution in [1.29, 1.82) is 0 Å². The minimum atomic E-state index is 0.0299. The van der Waals surface area contributed by atoms with Crippen molar-refractivity contribution >= 4 is 44.4 Å². The molecule has 0 saturated carbocycles. The van der Waals surface area contributed by atoms with Gasteiger partial charge in [-0.25, -0.2) is 0 Å². The SMILES string of the molecule is O=C(NCC1CCCS1)c1ccc2cc(Br)ccc2c1. The number of benzene rings is 2. The van der Waals surface area contributed by atoms with Crippen LogP contribution in [0.1, 0.15) is 23.2 Å².